The van der Waals surface area contributed by atoms with Gasteiger partial charge in [0.25, 0.3) is 5.91 Å². The molecule has 0 unspecified atom stereocenters. The molecule has 1 aromatic rings. The zero-order valence-corrected chi connectivity index (χ0v) is 11.7. The van der Waals surface area contributed by atoms with Gasteiger partial charge in [0.15, 0.2) is 0 Å². The predicted molar refractivity (Wildman–Crippen MR) is 73.4 cm³/mol. The molecule has 0 aliphatic rings. The Kier molecular flexibility index (Phi) is 6.52. The van der Waals surface area contributed by atoms with Crippen LogP contribution in [0, 0.1) is 0 Å². The highest BCUT2D eigenvalue weighted by Gasteiger charge is 2.07. The number of halogens is 1. The van der Waals surface area contributed by atoms with Crippen molar-refractivity contribution in [2.24, 2.45) is 0 Å². The van der Waals surface area contributed by atoms with Gasteiger partial charge >= 0.3 is 5.97 Å². The summed E-state index contributed by atoms with van der Waals surface area (Å²) in [6.07, 6.45) is 0.0797. The van der Waals surface area contributed by atoms with E-state index in [1.165, 1.54) is 7.11 Å². The average molecular weight is 299 g/mol. The largest absolute Gasteiger partial charge is 0.468 e. The van der Waals surface area contributed by atoms with Gasteiger partial charge in [-0.2, -0.15) is 0 Å². The van der Waals surface area contributed by atoms with Crippen LogP contribution in [0.1, 0.15) is 16.8 Å². The Balaban J connectivity index is 2.26. The number of nitrogens with one attached hydrogen (secondary N) is 2. The van der Waals surface area contributed by atoms with Crippen LogP contribution in [0.5, 0.6) is 0 Å². The number of benzene rings is 1. The zero-order valence-electron chi connectivity index (χ0n) is 10.9. The maximum absolute atomic E-state index is 11.7. The van der Waals surface area contributed by atoms with E-state index in [0.717, 1.165) is 0 Å². The number of hydrogen-bond donors (Lipinski definition) is 2. The summed E-state index contributed by atoms with van der Waals surface area (Å²) in [6.45, 7) is -0.00503. The molecule has 0 fully saturated rings. The third-order valence-corrected chi connectivity index (χ3v) is 2.65. The first-order valence-electron chi connectivity index (χ1n) is 5.90. The highest BCUT2D eigenvalue weighted by molar-refractivity contribution is 6.30. The summed E-state index contributed by atoms with van der Waals surface area (Å²) in [7, 11) is 1.24. The van der Waals surface area contributed by atoms with Crippen molar-refractivity contribution in [3.05, 3.63) is 34.9 Å². The molecule has 0 aliphatic heterocycles. The number of carbonyl (C=O) groups is 3. The van der Waals surface area contributed by atoms with Gasteiger partial charge in [-0.05, 0) is 24.3 Å². The van der Waals surface area contributed by atoms with E-state index < -0.39 is 5.97 Å². The number of hydrogen-bond acceptors (Lipinski definition) is 4. The molecule has 0 radical (unpaired) electrons. The van der Waals surface area contributed by atoms with Gasteiger partial charge in [0.1, 0.15) is 6.54 Å². The van der Waals surface area contributed by atoms with E-state index in [4.69, 9.17) is 11.6 Å². The van der Waals surface area contributed by atoms with Crippen LogP contribution in [0.2, 0.25) is 5.02 Å². The van der Waals surface area contributed by atoms with Gasteiger partial charge in [-0.1, -0.05) is 11.6 Å². The summed E-state index contributed by atoms with van der Waals surface area (Å²) in [5, 5.41) is 5.51. The van der Waals surface area contributed by atoms with Crippen molar-refractivity contribution in [3.8, 4) is 0 Å². The van der Waals surface area contributed by atoms with Crippen molar-refractivity contribution in [1.82, 2.24) is 10.6 Å². The van der Waals surface area contributed by atoms with Crippen LogP contribution in [0.4, 0.5) is 0 Å². The fourth-order valence-corrected chi connectivity index (χ4v) is 1.45. The number of amides is 2. The standard InChI is InChI=1S/C13H15ClN2O4/c1-20-12(18)8-16-11(17)6-7-15-13(19)9-2-4-10(14)5-3-9/h2-5H,6-8H2,1H3,(H,15,19)(H,16,17). The van der Waals surface area contributed by atoms with Gasteiger partial charge in [0.05, 0.1) is 7.11 Å². The molecule has 0 atom stereocenters. The molecule has 20 heavy (non-hydrogen) atoms. The highest BCUT2D eigenvalue weighted by atomic mass is 35.5. The summed E-state index contributed by atoms with van der Waals surface area (Å²) in [5.41, 5.74) is 0.462. The van der Waals surface area contributed by atoms with Crippen molar-refractivity contribution in [1.29, 1.82) is 0 Å². The van der Waals surface area contributed by atoms with Crippen molar-refractivity contribution in [3.63, 3.8) is 0 Å². The number of methoxy groups -OCH3 is 1. The second-order valence-electron chi connectivity index (χ2n) is 3.87. The van der Waals surface area contributed by atoms with Crippen LogP contribution in [-0.2, 0) is 14.3 Å². The molecule has 0 heterocycles. The molecule has 0 aliphatic carbocycles. The van der Waals surface area contributed by atoms with Gasteiger partial charge in [-0.25, -0.2) is 0 Å². The van der Waals surface area contributed by atoms with Gasteiger partial charge in [0.2, 0.25) is 5.91 Å². The smallest absolute Gasteiger partial charge is 0.325 e. The first-order valence-corrected chi connectivity index (χ1v) is 6.28. The summed E-state index contributed by atoms with van der Waals surface area (Å²) in [4.78, 5) is 33.8. The van der Waals surface area contributed by atoms with Gasteiger partial charge in [-0.15, -0.1) is 0 Å². The molecule has 7 heteroatoms. The fraction of sp³-hybridized carbons (Fsp3) is 0.308. The Bertz CT molecular complexity index is 488. The van der Waals surface area contributed by atoms with E-state index in [1.807, 2.05) is 0 Å². The fourth-order valence-electron chi connectivity index (χ4n) is 1.32. The van der Waals surface area contributed by atoms with Gasteiger partial charge < -0.3 is 15.4 Å². The van der Waals surface area contributed by atoms with Crippen LogP contribution in [0.15, 0.2) is 24.3 Å². The normalized spacial score (nSPS) is 9.70. The van der Waals surface area contributed by atoms with Gasteiger partial charge in [0, 0.05) is 23.6 Å². The number of esters is 1. The van der Waals surface area contributed by atoms with Crippen molar-refractivity contribution >= 4 is 29.4 Å². The third kappa shape index (κ3) is 5.71. The molecule has 0 spiro atoms. The lowest BCUT2D eigenvalue weighted by molar-refractivity contribution is -0.141. The summed E-state index contributed by atoms with van der Waals surface area (Å²) in [5.74, 6) is -1.15. The van der Waals surface area contributed by atoms with E-state index in [1.54, 1.807) is 24.3 Å². The molecule has 0 bridgehead atoms. The van der Waals surface area contributed by atoms with Crippen molar-refractivity contribution in [2.45, 2.75) is 6.42 Å². The van der Waals surface area contributed by atoms with Crippen molar-refractivity contribution in [2.75, 3.05) is 20.2 Å². The lowest BCUT2D eigenvalue weighted by Crippen LogP contribution is -2.33. The molecule has 2 N–H and O–H groups in total. The Hall–Kier alpha value is -2.08. The molecule has 0 saturated carbocycles. The Morgan fingerprint density at radius 3 is 2.40 bits per heavy atom. The highest BCUT2D eigenvalue weighted by Crippen LogP contribution is 2.09. The minimum Gasteiger partial charge on any atom is -0.468 e. The lowest BCUT2D eigenvalue weighted by atomic mass is 10.2. The number of rotatable bonds is 6. The van der Waals surface area contributed by atoms with Crippen LogP contribution in [0.3, 0.4) is 0 Å². The predicted octanol–water partition coefficient (Wildman–Crippen LogP) is 0.749. The van der Waals surface area contributed by atoms with E-state index >= 15 is 0 Å². The molecule has 2 amide bonds. The van der Waals surface area contributed by atoms with E-state index in [2.05, 4.69) is 15.4 Å². The minimum atomic E-state index is -0.524. The van der Waals surface area contributed by atoms with Crippen LogP contribution in [0.25, 0.3) is 0 Å². The molecule has 1 rings (SSSR count). The molecule has 1 aromatic carbocycles. The van der Waals surface area contributed by atoms with Gasteiger partial charge in [-0.3, -0.25) is 14.4 Å². The SMILES string of the molecule is COC(=O)CNC(=O)CCNC(=O)c1ccc(Cl)cc1. The first-order chi connectivity index (χ1) is 9.52. The topological polar surface area (TPSA) is 84.5 Å². The first kappa shape index (κ1) is 16.0. The number of carbonyl (C=O) groups excluding carboxylic acids is 3. The summed E-state index contributed by atoms with van der Waals surface area (Å²) < 4.78 is 4.38. The second kappa shape index (κ2) is 8.16. The molecule has 0 aromatic heterocycles. The maximum atomic E-state index is 11.7. The quantitative estimate of drug-likeness (QED) is 0.759. The Morgan fingerprint density at radius 1 is 1.15 bits per heavy atom. The van der Waals surface area contributed by atoms with Crippen molar-refractivity contribution < 1.29 is 19.1 Å². The van der Waals surface area contributed by atoms with Crippen LogP contribution in [-0.4, -0.2) is 38.0 Å². The second-order valence-corrected chi connectivity index (χ2v) is 4.30. The monoisotopic (exact) mass is 298 g/mol. The number of ether oxygens (including phenoxy) is 1. The third-order valence-electron chi connectivity index (χ3n) is 2.40. The summed E-state index contributed by atoms with van der Waals surface area (Å²) in [6, 6.07) is 6.41. The molecule has 0 saturated heterocycles. The zero-order chi connectivity index (χ0) is 15.0. The van der Waals surface area contributed by atoms with Crippen LogP contribution < -0.4 is 10.6 Å². The maximum Gasteiger partial charge on any atom is 0.325 e. The average Bonchev–Trinajstić information content (AvgIpc) is 2.45. The van der Waals surface area contributed by atoms with E-state index in [9.17, 15) is 14.4 Å². The molecular formula is C13H15ClN2O4. The minimum absolute atomic E-state index is 0.0797. The molecule has 6 nitrogen and oxygen atoms in total. The van der Waals surface area contributed by atoms with E-state index in [-0.39, 0.29) is 31.3 Å². The van der Waals surface area contributed by atoms with E-state index in [0.29, 0.717) is 10.6 Å². The molecule has 108 valence electrons. The molecular weight excluding hydrogens is 284 g/mol. The van der Waals surface area contributed by atoms with Crippen LogP contribution >= 0.6 is 11.6 Å². The summed E-state index contributed by atoms with van der Waals surface area (Å²) >= 11 is 5.71. The Morgan fingerprint density at radius 2 is 1.80 bits per heavy atom. The Labute approximate surface area is 121 Å². The lowest BCUT2D eigenvalue weighted by Gasteiger charge is -2.06.